The second-order valence-electron chi connectivity index (χ2n) is 1.69. The Morgan fingerprint density at radius 2 is 2.38 bits per heavy atom. The van der Waals surface area contributed by atoms with Crippen LogP contribution in [0.2, 0.25) is 0 Å². The molecule has 0 aromatic rings. The Morgan fingerprint density at radius 3 is 2.88 bits per heavy atom. The van der Waals surface area contributed by atoms with Gasteiger partial charge < -0.3 is 10.3 Å². The first-order valence-electron chi connectivity index (χ1n) is 2.97. The number of aliphatic imine (C=N–C) groups is 1. The lowest BCUT2D eigenvalue weighted by atomic mass is 10.3. The van der Waals surface area contributed by atoms with Gasteiger partial charge in [0.2, 0.25) is 0 Å². The lowest BCUT2D eigenvalue weighted by molar-refractivity contribution is 0.750. The number of nitrogens with one attached hydrogen (secondary N) is 1. The van der Waals surface area contributed by atoms with Gasteiger partial charge in [-0.3, -0.25) is 0 Å². The van der Waals surface area contributed by atoms with Gasteiger partial charge in [-0.15, -0.1) is 0 Å². The van der Waals surface area contributed by atoms with Crippen molar-refractivity contribution < 1.29 is 0 Å². The second kappa shape index (κ2) is 6.63. The minimum Gasteiger partial charge on any atom is -0.320 e. The highest BCUT2D eigenvalue weighted by Crippen LogP contribution is 1.79. The van der Waals surface area contributed by atoms with Crippen LogP contribution < -0.4 is 5.32 Å². The Labute approximate surface area is 51.0 Å². The standard InChI is InChI=1S/C6H14N2/c1-7-5-3-4-6-8-2/h5,8H,3-4,6H2,1-2H3. The van der Waals surface area contributed by atoms with Crippen molar-refractivity contribution in [2.24, 2.45) is 4.99 Å². The van der Waals surface area contributed by atoms with Gasteiger partial charge in [-0.25, -0.2) is 0 Å². The number of nitrogens with zero attached hydrogens (tertiary/aromatic N) is 1. The van der Waals surface area contributed by atoms with Gasteiger partial charge in [-0.1, -0.05) is 0 Å². The fourth-order valence-corrected chi connectivity index (χ4v) is 0.499. The van der Waals surface area contributed by atoms with Crippen LogP contribution in [0.5, 0.6) is 0 Å². The van der Waals surface area contributed by atoms with Crippen LogP contribution >= 0.6 is 0 Å². The summed E-state index contributed by atoms with van der Waals surface area (Å²) < 4.78 is 0. The second-order valence-corrected chi connectivity index (χ2v) is 1.69. The molecule has 2 heteroatoms. The molecule has 0 rings (SSSR count). The van der Waals surface area contributed by atoms with Crippen molar-refractivity contribution in [1.82, 2.24) is 5.32 Å². The average Bonchev–Trinajstić information content (AvgIpc) is 1.81. The molecule has 0 fully saturated rings. The largest absolute Gasteiger partial charge is 0.320 e. The van der Waals surface area contributed by atoms with Gasteiger partial charge in [0.1, 0.15) is 0 Å². The van der Waals surface area contributed by atoms with Gasteiger partial charge in [-0.05, 0) is 32.6 Å². The minimum absolute atomic E-state index is 1.09. The molecule has 0 aliphatic rings. The van der Waals surface area contributed by atoms with E-state index in [0.29, 0.717) is 0 Å². The number of unbranched alkanes of at least 4 members (excludes halogenated alkanes) is 1. The third-order valence-corrected chi connectivity index (χ3v) is 0.943. The predicted octanol–water partition coefficient (Wildman–Crippen LogP) is 0.687. The van der Waals surface area contributed by atoms with Crippen LogP contribution in [0.1, 0.15) is 12.8 Å². The molecular formula is C6H14N2. The molecule has 0 heterocycles. The maximum absolute atomic E-state index is 3.85. The molecule has 0 saturated heterocycles. The van der Waals surface area contributed by atoms with E-state index in [-0.39, 0.29) is 0 Å². The Morgan fingerprint density at radius 1 is 1.62 bits per heavy atom. The van der Waals surface area contributed by atoms with E-state index in [4.69, 9.17) is 0 Å². The van der Waals surface area contributed by atoms with Gasteiger partial charge >= 0.3 is 0 Å². The summed E-state index contributed by atoms with van der Waals surface area (Å²) >= 11 is 0. The molecule has 0 aliphatic heterocycles. The molecule has 48 valence electrons. The highest BCUT2D eigenvalue weighted by Gasteiger charge is 1.77. The maximum Gasteiger partial charge on any atom is 0.0273 e. The Balaban J connectivity index is 2.72. The SMILES string of the molecule is CN=CCCCNC. The van der Waals surface area contributed by atoms with E-state index in [1.54, 1.807) is 7.05 Å². The van der Waals surface area contributed by atoms with Crippen molar-refractivity contribution >= 4 is 6.21 Å². The van der Waals surface area contributed by atoms with E-state index in [0.717, 1.165) is 13.0 Å². The molecular weight excluding hydrogens is 100 g/mol. The Kier molecular flexibility index (Phi) is 6.32. The molecule has 0 radical (unpaired) electrons. The molecule has 0 amide bonds. The number of hydrogen-bond acceptors (Lipinski definition) is 2. The summed E-state index contributed by atoms with van der Waals surface area (Å²) in [5.41, 5.74) is 0. The molecule has 0 atom stereocenters. The highest BCUT2D eigenvalue weighted by molar-refractivity contribution is 5.56. The van der Waals surface area contributed by atoms with Crippen LogP contribution in [0.3, 0.4) is 0 Å². The van der Waals surface area contributed by atoms with Gasteiger partial charge in [0.25, 0.3) is 0 Å². The summed E-state index contributed by atoms with van der Waals surface area (Å²) in [6.07, 6.45) is 4.22. The van der Waals surface area contributed by atoms with Gasteiger partial charge in [0, 0.05) is 7.05 Å². The van der Waals surface area contributed by atoms with E-state index in [2.05, 4.69) is 10.3 Å². The van der Waals surface area contributed by atoms with E-state index in [9.17, 15) is 0 Å². The summed E-state index contributed by atoms with van der Waals surface area (Å²) in [6.45, 7) is 1.09. The summed E-state index contributed by atoms with van der Waals surface area (Å²) in [4.78, 5) is 3.85. The summed E-state index contributed by atoms with van der Waals surface area (Å²) in [7, 11) is 3.77. The Bertz CT molecular complexity index is 59.5. The molecule has 8 heavy (non-hydrogen) atoms. The predicted molar refractivity (Wildman–Crippen MR) is 37.6 cm³/mol. The summed E-state index contributed by atoms with van der Waals surface area (Å²) in [5.74, 6) is 0. The van der Waals surface area contributed by atoms with Crippen molar-refractivity contribution in [1.29, 1.82) is 0 Å². The van der Waals surface area contributed by atoms with Crippen LogP contribution in [-0.2, 0) is 0 Å². The molecule has 0 saturated carbocycles. The van der Waals surface area contributed by atoms with Gasteiger partial charge in [-0.2, -0.15) is 0 Å². The molecule has 0 bridgehead atoms. The van der Waals surface area contributed by atoms with E-state index in [1.165, 1.54) is 6.42 Å². The zero-order valence-electron chi connectivity index (χ0n) is 5.65. The third-order valence-electron chi connectivity index (χ3n) is 0.943. The smallest absolute Gasteiger partial charge is 0.0273 e. The highest BCUT2D eigenvalue weighted by atomic mass is 14.8. The molecule has 0 unspecified atom stereocenters. The third kappa shape index (κ3) is 5.63. The number of hydrogen-bond donors (Lipinski definition) is 1. The first kappa shape index (κ1) is 7.63. The zero-order valence-corrected chi connectivity index (χ0v) is 5.65. The van der Waals surface area contributed by atoms with Crippen molar-refractivity contribution in [2.75, 3.05) is 20.6 Å². The van der Waals surface area contributed by atoms with Gasteiger partial charge in [0.15, 0.2) is 0 Å². The van der Waals surface area contributed by atoms with E-state index in [1.807, 2.05) is 13.3 Å². The lowest BCUT2D eigenvalue weighted by Crippen LogP contribution is -2.06. The first-order chi connectivity index (χ1) is 3.91. The fourth-order valence-electron chi connectivity index (χ4n) is 0.499. The van der Waals surface area contributed by atoms with Crippen molar-refractivity contribution in [3.05, 3.63) is 0 Å². The maximum atomic E-state index is 3.85. The minimum atomic E-state index is 1.09. The van der Waals surface area contributed by atoms with E-state index >= 15 is 0 Å². The Hall–Kier alpha value is -0.370. The van der Waals surface area contributed by atoms with Crippen molar-refractivity contribution in [3.8, 4) is 0 Å². The molecule has 1 N–H and O–H groups in total. The normalized spacial score (nSPS) is 10.8. The molecule has 0 spiro atoms. The van der Waals surface area contributed by atoms with Crippen molar-refractivity contribution in [3.63, 3.8) is 0 Å². The van der Waals surface area contributed by atoms with Crippen LogP contribution in [0.4, 0.5) is 0 Å². The van der Waals surface area contributed by atoms with Crippen LogP contribution in [-0.4, -0.2) is 26.9 Å². The van der Waals surface area contributed by atoms with Gasteiger partial charge in [0.05, 0.1) is 0 Å². The topological polar surface area (TPSA) is 24.4 Å². The van der Waals surface area contributed by atoms with Crippen LogP contribution in [0.15, 0.2) is 4.99 Å². The molecule has 0 aliphatic carbocycles. The monoisotopic (exact) mass is 114 g/mol. The lowest BCUT2D eigenvalue weighted by Gasteiger charge is -1.91. The van der Waals surface area contributed by atoms with Crippen LogP contribution in [0.25, 0.3) is 0 Å². The zero-order chi connectivity index (χ0) is 6.24. The van der Waals surface area contributed by atoms with E-state index < -0.39 is 0 Å². The van der Waals surface area contributed by atoms with Crippen LogP contribution in [0, 0.1) is 0 Å². The average molecular weight is 114 g/mol. The quantitative estimate of drug-likeness (QED) is 0.422. The molecule has 2 nitrogen and oxygen atoms in total. The first-order valence-corrected chi connectivity index (χ1v) is 2.97. The summed E-state index contributed by atoms with van der Waals surface area (Å²) in [5, 5.41) is 3.06. The fraction of sp³-hybridized carbons (Fsp3) is 0.833. The van der Waals surface area contributed by atoms with Crippen molar-refractivity contribution in [2.45, 2.75) is 12.8 Å². The summed E-state index contributed by atoms with van der Waals surface area (Å²) in [6, 6.07) is 0. The number of rotatable bonds is 4. The molecule has 0 aromatic heterocycles. The molecule has 0 aromatic carbocycles.